The van der Waals surface area contributed by atoms with Crippen LogP contribution >= 0.6 is 0 Å². The Bertz CT molecular complexity index is 595. The normalized spacial score (nSPS) is 13.9. The minimum Gasteiger partial charge on any atom is -0.490 e. The lowest BCUT2D eigenvalue weighted by molar-refractivity contribution is 0.0111. The fraction of sp³-hybridized carbons (Fsp3) is 0.571. The number of nitrogens with zero attached hydrogens (tertiary/aromatic N) is 2. The molecule has 0 atom stereocenters. The standard InChI is InChI=1S/C14H20N4O5/c1-14(2,3)23-13(20)22-12(19)18-11-9(21-4)10(15-7-16-11)17-8-5-6-8/h7-8H,5-6H2,1-4H3,(H2,15,16,17,18,19). The molecule has 0 saturated heterocycles. The van der Waals surface area contributed by atoms with Crippen LogP contribution < -0.4 is 15.4 Å². The summed E-state index contributed by atoms with van der Waals surface area (Å²) in [5.41, 5.74) is -0.759. The lowest BCUT2D eigenvalue weighted by Gasteiger charge is -2.18. The summed E-state index contributed by atoms with van der Waals surface area (Å²) in [6, 6.07) is 0.348. The van der Waals surface area contributed by atoms with Gasteiger partial charge < -0.3 is 19.5 Å². The molecule has 0 unspecified atom stereocenters. The van der Waals surface area contributed by atoms with Gasteiger partial charge in [0.05, 0.1) is 7.11 Å². The zero-order chi connectivity index (χ0) is 17.0. The Balaban J connectivity index is 2.01. The zero-order valence-corrected chi connectivity index (χ0v) is 13.5. The third-order valence-electron chi connectivity index (χ3n) is 2.71. The number of rotatable bonds is 4. The van der Waals surface area contributed by atoms with Crippen LogP contribution in [0.15, 0.2) is 6.33 Å². The smallest absolute Gasteiger partial charge is 0.490 e. The number of ether oxygens (including phenoxy) is 3. The molecule has 1 heterocycles. The molecule has 0 radical (unpaired) electrons. The van der Waals surface area contributed by atoms with Gasteiger partial charge in [-0.3, -0.25) is 5.32 Å². The number of amides is 1. The average Bonchev–Trinajstić information content (AvgIpc) is 3.20. The van der Waals surface area contributed by atoms with Gasteiger partial charge in [0.1, 0.15) is 11.9 Å². The van der Waals surface area contributed by atoms with Crippen molar-refractivity contribution in [3.05, 3.63) is 6.33 Å². The molecule has 2 N–H and O–H groups in total. The molecule has 1 saturated carbocycles. The lowest BCUT2D eigenvalue weighted by atomic mass is 10.2. The fourth-order valence-electron chi connectivity index (χ4n) is 1.65. The van der Waals surface area contributed by atoms with Crippen molar-refractivity contribution in [3.63, 3.8) is 0 Å². The van der Waals surface area contributed by atoms with Gasteiger partial charge in [-0.25, -0.2) is 19.6 Å². The number of hydrogen-bond acceptors (Lipinski definition) is 8. The largest absolute Gasteiger partial charge is 0.517 e. The highest BCUT2D eigenvalue weighted by Gasteiger charge is 2.25. The Morgan fingerprint density at radius 2 is 1.87 bits per heavy atom. The van der Waals surface area contributed by atoms with Crippen molar-refractivity contribution in [2.24, 2.45) is 0 Å². The van der Waals surface area contributed by atoms with Crippen molar-refractivity contribution >= 4 is 23.9 Å². The summed E-state index contributed by atoms with van der Waals surface area (Å²) in [5.74, 6) is 0.831. The Morgan fingerprint density at radius 1 is 1.22 bits per heavy atom. The van der Waals surface area contributed by atoms with Gasteiger partial charge in [-0.05, 0) is 33.6 Å². The molecule has 0 bridgehead atoms. The molecule has 9 nitrogen and oxygen atoms in total. The van der Waals surface area contributed by atoms with Crippen molar-refractivity contribution in [2.75, 3.05) is 17.7 Å². The number of carbonyl (C=O) groups is 2. The number of anilines is 2. The zero-order valence-electron chi connectivity index (χ0n) is 13.5. The Morgan fingerprint density at radius 3 is 2.43 bits per heavy atom. The Kier molecular flexibility index (Phi) is 4.87. The number of aromatic nitrogens is 2. The third-order valence-corrected chi connectivity index (χ3v) is 2.71. The van der Waals surface area contributed by atoms with Crippen LogP contribution in [0.5, 0.6) is 5.75 Å². The first kappa shape index (κ1) is 16.8. The van der Waals surface area contributed by atoms with Crippen LogP contribution in [0, 0.1) is 0 Å². The second-order valence-electron chi connectivity index (χ2n) is 6.00. The first-order valence-electron chi connectivity index (χ1n) is 7.16. The van der Waals surface area contributed by atoms with E-state index >= 15 is 0 Å². The molecule has 1 aliphatic rings. The summed E-state index contributed by atoms with van der Waals surface area (Å²) in [4.78, 5) is 31.2. The highest BCUT2D eigenvalue weighted by atomic mass is 16.8. The predicted molar refractivity (Wildman–Crippen MR) is 81.6 cm³/mol. The van der Waals surface area contributed by atoms with Crippen LogP contribution in [0.2, 0.25) is 0 Å². The molecule has 0 spiro atoms. The van der Waals surface area contributed by atoms with E-state index in [0.717, 1.165) is 12.8 Å². The van der Waals surface area contributed by atoms with Crippen LogP contribution in [-0.2, 0) is 9.47 Å². The molecule has 1 aromatic heterocycles. The molecule has 126 valence electrons. The van der Waals surface area contributed by atoms with Crippen LogP contribution in [0.25, 0.3) is 0 Å². The SMILES string of the molecule is COc1c(NC(=O)OC(=O)OC(C)(C)C)ncnc1NC1CC1. The minimum absolute atomic E-state index is 0.0965. The van der Waals surface area contributed by atoms with Gasteiger partial charge in [0.15, 0.2) is 11.6 Å². The van der Waals surface area contributed by atoms with Crippen molar-refractivity contribution in [1.29, 1.82) is 0 Å². The van der Waals surface area contributed by atoms with Gasteiger partial charge in [0.2, 0.25) is 5.75 Å². The van der Waals surface area contributed by atoms with Crippen LogP contribution in [0.4, 0.5) is 21.2 Å². The summed E-state index contributed by atoms with van der Waals surface area (Å²) in [5, 5.41) is 5.50. The number of carbonyl (C=O) groups excluding carboxylic acids is 2. The van der Waals surface area contributed by atoms with E-state index in [1.807, 2.05) is 0 Å². The van der Waals surface area contributed by atoms with Crippen LogP contribution in [0.1, 0.15) is 33.6 Å². The first-order valence-corrected chi connectivity index (χ1v) is 7.16. The van der Waals surface area contributed by atoms with Gasteiger partial charge in [-0.2, -0.15) is 0 Å². The first-order chi connectivity index (χ1) is 10.8. The van der Waals surface area contributed by atoms with E-state index in [1.54, 1.807) is 20.8 Å². The van der Waals surface area contributed by atoms with E-state index in [4.69, 9.17) is 9.47 Å². The van der Waals surface area contributed by atoms with Gasteiger partial charge in [-0.15, -0.1) is 0 Å². The van der Waals surface area contributed by atoms with Gasteiger partial charge in [-0.1, -0.05) is 0 Å². The maximum atomic E-state index is 11.8. The van der Waals surface area contributed by atoms with Crippen LogP contribution in [-0.4, -0.2) is 41.0 Å². The maximum absolute atomic E-state index is 11.8. The molecule has 0 aromatic carbocycles. The van der Waals surface area contributed by atoms with E-state index in [0.29, 0.717) is 11.9 Å². The van der Waals surface area contributed by atoms with E-state index in [1.165, 1.54) is 13.4 Å². The topological polar surface area (TPSA) is 112 Å². The predicted octanol–water partition coefficient (Wildman–Crippen LogP) is 2.54. The molecule has 1 amide bonds. The summed E-state index contributed by atoms with van der Waals surface area (Å²) in [6.07, 6.45) is 1.26. The molecule has 2 rings (SSSR count). The van der Waals surface area contributed by atoms with Crippen molar-refractivity contribution in [1.82, 2.24) is 9.97 Å². The van der Waals surface area contributed by atoms with Gasteiger partial charge in [0.25, 0.3) is 0 Å². The van der Waals surface area contributed by atoms with Crippen molar-refractivity contribution < 1.29 is 23.8 Å². The second-order valence-corrected chi connectivity index (χ2v) is 6.00. The van der Waals surface area contributed by atoms with E-state index < -0.39 is 17.8 Å². The fourth-order valence-corrected chi connectivity index (χ4v) is 1.65. The Hall–Kier alpha value is -2.58. The summed E-state index contributed by atoms with van der Waals surface area (Å²) in [6.45, 7) is 4.99. The van der Waals surface area contributed by atoms with Crippen LogP contribution in [0.3, 0.4) is 0 Å². The highest BCUT2D eigenvalue weighted by Crippen LogP contribution is 2.33. The molecule has 1 fully saturated rings. The quantitative estimate of drug-likeness (QED) is 0.642. The highest BCUT2D eigenvalue weighted by molar-refractivity contribution is 5.92. The summed E-state index contributed by atoms with van der Waals surface area (Å²) >= 11 is 0. The molecule has 1 aromatic rings. The van der Waals surface area contributed by atoms with Crippen molar-refractivity contribution in [3.8, 4) is 5.75 Å². The monoisotopic (exact) mass is 324 g/mol. The molecule has 23 heavy (non-hydrogen) atoms. The summed E-state index contributed by atoms with van der Waals surface area (Å²) in [7, 11) is 1.43. The molecule has 0 aliphatic heterocycles. The molecule has 9 heteroatoms. The molecular formula is C14H20N4O5. The second kappa shape index (κ2) is 6.67. The third kappa shape index (κ3) is 5.28. The average molecular weight is 324 g/mol. The maximum Gasteiger partial charge on any atom is 0.517 e. The van der Waals surface area contributed by atoms with Crippen molar-refractivity contribution in [2.45, 2.75) is 45.3 Å². The minimum atomic E-state index is -1.10. The van der Waals surface area contributed by atoms with E-state index in [2.05, 4.69) is 25.3 Å². The Labute approximate surface area is 133 Å². The van der Waals surface area contributed by atoms with E-state index in [-0.39, 0.29) is 11.6 Å². The number of nitrogens with one attached hydrogen (secondary N) is 2. The van der Waals surface area contributed by atoms with Gasteiger partial charge >= 0.3 is 12.2 Å². The van der Waals surface area contributed by atoms with Gasteiger partial charge in [0, 0.05) is 6.04 Å². The number of hydrogen-bond donors (Lipinski definition) is 2. The van der Waals surface area contributed by atoms with E-state index in [9.17, 15) is 9.59 Å². The molecule has 1 aliphatic carbocycles. The number of methoxy groups -OCH3 is 1. The summed E-state index contributed by atoms with van der Waals surface area (Å²) < 4.78 is 14.6. The molecular weight excluding hydrogens is 304 g/mol. The lowest BCUT2D eigenvalue weighted by Crippen LogP contribution is -2.28.